The van der Waals surface area contributed by atoms with E-state index in [-0.39, 0.29) is 6.67 Å². The summed E-state index contributed by atoms with van der Waals surface area (Å²) in [6.45, 7) is 4.22. The molecule has 0 amide bonds. The molecule has 1 N–H and O–H groups in total. The Kier molecular flexibility index (Phi) is 9.79. The lowest BCUT2D eigenvalue weighted by Gasteiger charge is -2.01. The molecule has 0 atom stereocenters. The fraction of sp³-hybridized carbons (Fsp3) is 1.00. The lowest BCUT2D eigenvalue weighted by Crippen LogP contribution is -2.15. The quantitative estimate of drug-likeness (QED) is 0.539. The maximum Gasteiger partial charge on any atom is 0.0894 e. The van der Waals surface area contributed by atoms with Gasteiger partial charge in [0.2, 0.25) is 0 Å². The van der Waals surface area contributed by atoms with Crippen LogP contribution in [0.1, 0.15) is 39.0 Å². The van der Waals surface area contributed by atoms with Gasteiger partial charge in [-0.1, -0.05) is 19.8 Å². The number of hydrogen-bond acceptors (Lipinski definition) is 1. The third-order valence-corrected chi connectivity index (χ3v) is 1.66. The summed E-state index contributed by atoms with van der Waals surface area (Å²) in [7, 11) is 0. The summed E-state index contributed by atoms with van der Waals surface area (Å²) in [5.41, 5.74) is 0. The van der Waals surface area contributed by atoms with Gasteiger partial charge in [-0.05, 0) is 32.4 Å². The van der Waals surface area contributed by atoms with Gasteiger partial charge < -0.3 is 5.32 Å². The summed E-state index contributed by atoms with van der Waals surface area (Å²) in [5, 5.41) is 3.32. The highest BCUT2D eigenvalue weighted by Gasteiger charge is 1.88. The molecule has 1 nitrogen and oxygen atoms in total. The number of hydrogen-bond donors (Lipinski definition) is 1. The second kappa shape index (κ2) is 9.89. The van der Waals surface area contributed by atoms with Gasteiger partial charge in [-0.2, -0.15) is 0 Å². The van der Waals surface area contributed by atoms with Crippen molar-refractivity contribution in [1.82, 2.24) is 5.32 Å². The van der Waals surface area contributed by atoms with Gasteiger partial charge in [0.05, 0.1) is 6.67 Å². The van der Waals surface area contributed by atoms with Crippen LogP contribution < -0.4 is 5.32 Å². The Balaban J connectivity index is 2.69. The van der Waals surface area contributed by atoms with Crippen LogP contribution in [-0.2, 0) is 0 Å². The minimum Gasteiger partial charge on any atom is -0.317 e. The van der Waals surface area contributed by atoms with Gasteiger partial charge in [0, 0.05) is 0 Å². The second-order valence-corrected chi connectivity index (χ2v) is 2.85. The first kappa shape index (κ1) is 10.9. The fourth-order valence-electron chi connectivity index (χ4n) is 1.000. The van der Waals surface area contributed by atoms with Crippen molar-refractivity contribution in [2.24, 2.45) is 0 Å². The average Bonchev–Trinajstić information content (AvgIpc) is 2.03. The lowest BCUT2D eigenvalue weighted by molar-refractivity contribution is 0.451. The molecule has 0 aliphatic heterocycles. The maximum absolute atomic E-state index is 11.6. The topological polar surface area (TPSA) is 12.0 Å². The van der Waals surface area contributed by atoms with E-state index in [9.17, 15) is 4.39 Å². The van der Waals surface area contributed by atoms with Crippen LogP contribution in [0.3, 0.4) is 0 Å². The van der Waals surface area contributed by atoms with Crippen LogP contribution in [-0.4, -0.2) is 19.8 Å². The van der Waals surface area contributed by atoms with Gasteiger partial charge in [0.25, 0.3) is 0 Å². The van der Waals surface area contributed by atoms with Gasteiger partial charge in [-0.3, -0.25) is 4.39 Å². The molecular weight excluding hydrogens is 141 g/mol. The summed E-state index contributed by atoms with van der Waals surface area (Å²) in [4.78, 5) is 0. The van der Waals surface area contributed by atoms with E-state index in [0.717, 1.165) is 25.9 Å². The Bertz CT molecular complexity index is 58.6. The zero-order valence-corrected chi connectivity index (χ0v) is 7.53. The Labute approximate surface area is 69.4 Å². The predicted molar refractivity (Wildman–Crippen MR) is 47.6 cm³/mol. The van der Waals surface area contributed by atoms with Gasteiger partial charge in [0.1, 0.15) is 0 Å². The number of alkyl halides is 1. The summed E-state index contributed by atoms with van der Waals surface area (Å²) in [6.07, 6.45) is 5.35. The smallest absolute Gasteiger partial charge is 0.0894 e. The molecule has 0 radical (unpaired) electrons. The Hall–Kier alpha value is -0.110. The van der Waals surface area contributed by atoms with Crippen molar-refractivity contribution in [3.8, 4) is 0 Å². The predicted octanol–water partition coefficient (Wildman–Crippen LogP) is 2.52. The van der Waals surface area contributed by atoms with Crippen molar-refractivity contribution < 1.29 is 4.39 Å². The van der Waals surface area contributed by atoms with E-state index in [1.54, 1.807) is 0 Å². The molecule has 0 aliphatic carbocycles. The standard InChI is InChI=1S/C9H20FN/c1-2-8-11-9-6-4-3-5-7-10/h11H,2-9H2,1H3. The molecule has 0 aliphatic rings. The molecule has 0 saturated carbocycles. The first-order chi connectivity index (χ1) is 5.41. The fourth-order valence-corrected chi connectivity index (χ4v) is 1.000. The molecule has 68 valence electrons. The normalized spacial score (nSPS) is 10.4. The molecule has 0 unspecified atom stereocenters. The number of nitrogens with one attached hydrogen (secondary N) is 1. The maximum atomic E-state index is 11.6. The van der Waals surface area contributed by atoms with E-state index >= 15 is 0 Å². The minimum absolute atomic E-state index is 0.150. The summed E-state index contributed by atoms with van der Waals surface area (Å²) in [5.74, 6) is 0. The van der Waals surface area contributed by atoms with Crippen molar-refractivity contribution in [2.45, 2.75) is 39.0 Å². The van der Waals surface area contributed by atoms with E-state index in [0.29, 0.717) is 0 Å². The third kappa shape index (κ3) is 9.89. The second-order valence-electron chi connectivity index (χ2n) is 2.85. The number of rotatable bonds is 8. The molecule has 0 aromatic heterocycles. The van der Waals surface area contributed by atoms with Gasteiger partial charge >= 0.3 is 0 Å². The number of halogens is 1. The highest BCUT2D eigenvalue weighted by molar-refractivity contribution is 4.47. The Morgan fingerprint density at radius 2 is 1.73 bits per heavy atom. The molecule has 0 bridgehead atoms. The van der Waals surface area contributed by atoms with Crippen LogP contribution in [0.15, 0.2) is 0 Å². The van der Waals surface area contributed by atoms with E-state index in [1.165, 1.54) is 19.3 Å². The lowest BCUT2D eigenvalue weighted by atomic mass is 10.2. The van der Waals surface area contributed by atoms with Crippen molar-refractivity contribution in [1.29, 1.82) is 0 Å². The molecule has 0 rings (SSSR count). The van der Waals surface area contributed by atoms with Gasteiger partial charge in [0.15, 0.2) is 0 Å². The number of unbranched alkanes of at least 4 members (excludes halogenated alkanes) is 3. The van der Waals surface area contributed by atoms with E-state index in [4.69, 9.17) is 0 Å². The van der Waals surface area contributed by atoms with Crippen LogP contribution in [0.2, 0.25) is 0 Å². The Morgan fingerprint density at radius 3 is 2.36 bits per heavy atom. The van der Waals surface area contributed by atoms with Crippen LogP contribution in [0, 0.1) is 0 Å². The highest BCUT2D eigenvalue weighted by atomic mass is 19.1. The summed E-state index contributed by atoms with van der Waals surface area (Å²) in [6, 6.07) is 0. The van der Waals surface area contributed by atoms with Gasteiger partial charge in [-0.25, -0.2) is 0 Å². The van der Waals surface area contributed by atoms with E-state index in [2.05, 4.69) is 12.2 Å². The van der Waals surface area contributed by atoms with Crippen LogP contribution in [0.5, 0.6) is 0 Å². The first-order valence-electron chi connectivity index (χ1n) is 4.68. The Morgan fingerprint density at radius 1 is 1.00 bits per heavy atom. The van der Waals surface area contributed by atoms with Gasteiger partial charge in [-0.15, -0.1) is 0 Å². The highest BCUT2D eigenvalue weighted by Crippen LogP contribution is 1.98. The molecule has 0 aromatic carbocycles. The first-order valence-corrected chi connectivity index (χ1v) is 4.68. The molecule has 0 saturated heterocycles. The average molecular weight is 161 g/mol. The zero-order chi connectivity index (χ0) is 8.36. The largest absolute Gasteiger partial charge is 0.317 e. The molecule has 11 heavy (non-hydrogen) atoms. The van der Waals surface area contributed by atoms with Crippen LogP contribution in [0.4, 0.5) is 4.39 Å². The summed E-state index contributed by atoms with van der Waals surface area (Å²) >= 11 is 0. The van der Waals surface area contributed by atoms with E-state index in [1.807, 2.05) is 0 Å². The van der Waals surface area contributed by atoms with Crippen molar-refractivity contribution >= 4 is 0 Å². The monoisotopic (exact) mass is 161 g/mol. The van der Waals surface area contributed by atoms with Crippen molar-refractivity contribution in [2.75, 3.05) is 19.8 Å². The minimum atomic E-state index is -0.150. The zero-order valence-electron chi connectivity index (χ0n) is 7.53. The molecular formula is C9H20FN. The molecule has 0 heterocycles. The third-order valence-electron chi connectivity index (χ3n) is 1.66. The van der Waals surface area contributed by atoms with E-state index < -0.39 is 0 Å². The molecule has 0 spiro atoms. The molecule has 0 aromatic rings. The molecule has 2 heteroatoms. The van der Waals surface area contributed by atoms with Crippen LogP contribution >= 0.6 is 0 Å². The van der Waals surface area contributed by atoms with Crippen molar-refractivity contribution in [3.05, 3.63) is 0 Å². The summed E-state index contributed by atoms with van der Waals surface area (Å²) < 4.78 is 11.6. The SMILES string of the molecule is CCCNCCCCCCF. The molecule has 0 fully saturated rings. The van der Waals surface area contributed by atoms with Crippen molar-refractivity contribution in [3.63, 3.8) is 0 Å². The van der Waals surface area contributed by atoms with Crippen LogP contribution in [0.25, 0.3) is 0 Å².